The molecule has 0 aliphatic carbocycles. The maximum absolute atomic E-state index is 9.74. The van der Waals surface area contributed by atoms with Gasteiger partial charge in [-0.05, 0) is 0 Å². The molecule has 0 saturated heterocycles. The third-order valence-electron chi connectivity index (χ3n) is 0.553. The summed E-state index contributed by atoms with van der Waals surface area (Å²) in [6, 6.07) is 0. The minimum atomic E-state index is -1.13. The van der Waals surface area contributed by atoms with Crippen LogP contribution in [0, 0.1) is 0 Å². The van der Waals surface area contributed by atoms with Crippen molar-refractivity contribution in [2.45, 2.75) is 6.42 Å². The second-order valence-corrected chi connectivity index (χ2v) is 1.34. The summed E-state index contributed by atoms with van der Waals surface area (Å²) in [6.07, 6.45) is 1.63. The molecule has 60 valence electrons. The molecule has 0 bridgehead atoms. The van der Waals surface area contributed by atoms with Crippen LogP contribution in [-0.2, 0) is 26.1 Å². The molecule has 10 heavy (non-hydrogen) atoms. The first kappa shape index (κ1) is 11.9. The Balaban J connectivity index is 0. The topological polar surface area (TPSA) is 74.6 Å². The van der Waals surface area contributed by atoms with Crippen molar-refractivity contribution in [3.05, 3.63) is 12.2 Å². The van der Waals surface area contributed by atoms with Crippen LogP contribution in [0.4, 0.5) is 0 Å². The maximum atomic E-state index is 9.74. The first-order valence-corrected chi connectivity index (χ1v) is 2.24. The molecule has 0 fully saturated rings. The minimum absolute atomic E-state index is 0. The zero-order chi connectivity index (χ0) is 7.28. The van der Waals surface area contributed by atoms with Crippen molar-refractivity contribution < 1.29 is 36.3 Å². The fraction of sp³-hybridized carbons (Fsp3) is 0.200. The number of carboxylic acids is 2. The number of hydrogen-bond acceptors (Lipinski definition) is 2. The van der Waals surface area contributed by atoms with Crippen molar-refractivity contribution in [1.29, 1.82) is 0 Å². The molecule has 0 rings (SSSR count). The van der Waals surface area contributed by atoms with Crippen molar-refractivity contribution in [2.75, 3.05) is 0 Å². The van der Waals surface area contributed by atoms with Gasteiger partial charge in [0.2, 0.25) is 0 Å². The van der Waals surface area contributed by atoms with E-state index in [0.717, 1.165) is 12.2 Å². The van der Waals surface area contributed by atoms with Crippen LogP contribution < -0.4 is 0 Å². The van der Waals surface area contributed by atoms with Crippen molar-refractivity contribution in [3.8, 4) is 0 Å². The molecule has 0 aromatic carbocycles. The normalized spacial score (nSPS) is 8.80. The van der Waals surface area contributed by atoms with Gasteiger partial charge in [0, 0.05) is 22.6 Å². The van der Waals surface area contributed by atoms with Gasteiger partial charge < -0.3 is 10.2 Å². The molecular weight excluding hydrogens is 183 g/mol. The molecule has 0 saturated carbocycles. The van der Waals surface area contributed by atoms with Gasteiger partial charge in [0.05, 0.1) is 6.42 Å². The van der Waals surface area contributed by atoms with Gasteiger partial charge in [0.25, 0.3) is 0 Å². The summed E-state index contributed by atoms with van der Waals surface area (Å²) in [5.41, 5.74) is 0. The minimum Gasteiger partial charge on any atom is -0.481 e. The zero-order valence-electron chi connectivity index (χ0n) is 4.89. The molecule has 0 atom stereocenters. The van der Waals surface area contributed by atoms with Gasteiger partial charge in [0.15, 0.2) is 0 Å². The predicted molar refractivity (Wildman–Crippen MR) is 29.0 cm³/mol. The van der Waals surface area contributed by atoms with Gasteiger partial charge in [-0.25, -0.2) is 4.79 Å². The molecule has 0 spiro atoms. The van der Waals surface area contributed by atoms with E-state index in [1.54, 1.807) is 0 Å². The van der Waals surface area contributed by atoms with Crippen LogP contribution in [0.5, 0.6) is 0 Å². The van der Waals surface area contributed by atoms with E-state index in [9.17, 15) is 9.59 Å². The summed E-state index contributed by atoms with van der Waals surface area (Å²) >= 11 is 0. The van der Waals surface area contributed by atoms with Gasteiger partial charge >= 0.3 is 11.9 Å². The monoisotopic (exact) mass is 188 g/mol. The van der Waals surface area contributed by atoms with Gasteiger partial charge in [-0.1, -0.05) is 6.08 Å². The average Bonchev–Trinajstić information content (AvgIpc) is 1.63. The average molecular weight is 189 g/mol. The second kappa shape index (κ2) is 6.30. The third-order valence-corrected chi connectivity index (χ3v) is 0.553. The van der Waals surface area contributed by atoms with E-state index in [1.807, 2.05) is 0 Å². The van der Waals surface area contributed by atoms with Crippen LogP contribution in [0.1, 0.15) is 6.42 Å². The summed E-state index contributed by atoms with van der Waals surface area (Å²) in [7, 11) is 0. The van der Waals surface area contributed by atoms with Crippen LogP contribution in [0.3, 0.4) is 0 Å². The van der Waals surface area contributed by atoms with Gasteiger partial charge in [-0.15, -0.1) is 0 Å². The molecule has 0 aliphatic heterocycles. The van der Waals surface area contributed by atoms with E-state index in [0.29, 0.717) is 0 Å². The molecule has 4 nitrogen and oxygen atoms in total. The van der Waals surface area contributed by atoms with Crippen LogP contribution in [0.15, 0.2) is 12.2 Å². The summed E-state index contributed by atoms with van der Waals surface area (Å²) in [4.78, 5) is 19.4. The number of rotatable bonds is 3. The molecule has 0 aromatic heterocycles. The SMILES string of the molecule is O=C(O)C=CCC(=O)O.[Ni]. The summed E-state index contributed by atoms with van der Waals surface area (Å²) in [5, 5.41) is 15.9. The molecule has 0 unspecified atom stereocenters. The summed E-state index contributed by atoms with van der Waals surface area (Å²) in [6.45, 7) is 0. The van der Waals surface area contributed by atoms with Crippen molar-refractivity contribution in [3.63, 3.8) is 0 Å². The third kappa shape index (κ3) is 10.2. The largest absolute Gasteiger partial charge is 0.481 e. The van der Waals surface area contributed by atoms with Gasteiger partial charge in [-0.2, -0.15) is 0 Å². The van der Waals surface area contributed by atoms with E-state index in [-0.39, 0.29) is 22.9 Å². The fourth-order valence-corrected chi connectivity index (χ4v) is 0.261. The number of carboxylic acid groups (broad SMARTS) is 2. The van der Waals surface area contributed by atoms with E-state index in [4.69, 9.17) is 10.2 Å². The Kier molecular flexibility index (Phi) is 7.50. The Morgan fingerprint density at radius 1 is 1.30 bits per heavy atom. The van der Waals surface area contributed by atoms with Crippen molar-refractivity contribution in [2.24, 2.45) is 0 Å². The van der Waals surface area contributed by atoms with Gasteiger partial charge in [0.1, 0.15) is 0 Å². The first-order chi connectivity index (χ1) is 4.13. The molecule has 0 radical (unpaired) electrons. The quantitative estimate of drug-likeness (QED) is 0.487. The van der Waals surface area contributed by atoms with E-state index in [2.05, 4.69) is 0 Å². The molecule has 0 amide bonds. The standard InChI is InChI=1S/C5H6O4.Ni/c6-4(7)2-1-3-5(8)9;/h1-2H,3H2,(H,6,7)(H,8,9);. The smallest absolute Gasteiger partial charge is 0.327 e. The number of carbonyl (C=O) groups is 2. The van der Waals surface area contributed by atoms with Crippen LogP contribution in [0.2, 0.25) is 0 Å². The fourth-order valence-electron chi connectivity index (χ4n) is 0.261. The molecule has 0 aromatic rings. The molecule has 5 heteroatoms. The van der Waals surface area contributed by atoms with E-state index < -0.39 is 11.9 Å². The van der Waals surface area contributed by atoms with Gasteiger partial charge in [-0.3, -0.25) is 4.79 Å². The van der Waals surface area contributed by atoms with Crippen LogP contribution in [0.25, 0.3) is 0 Å². The molecule has 0 aliphatic rings. The Morgan fingerprint density at radius 2 is 1.80 bits per heavy atom. The van der Waals surface area contributed by atoms with Crippen LogP contribution in [-0.4, -0.2) is 22.2 Å². The van der Waals surface area contributed by atoms with E-state index >= 15 is 0 Å². The summed E-state index contributed by atoms with van der Waals surface area (Å²) in [5.74, 6) is -2.16. The maximum Gasteiger partial charge on any atom is 0.327 e. The Hall–Kier alpha value is -0.826. The van der Waals surface area contributed by atoms with Crippen molar-refractivity contribution >= 4 is 11.9 Å². The second-order valence-electron chi connectivity index (χ2n) is 1.34. The summed E-state index contributed by atoms with van der Waals surface area (Å²) < 4.78 is 0. The van der Waals surface area contributed by atoms with Crippen LogP contribution >= 0.6 is 0 Å². The number of hydrogen-bond donors (Lipinski definition) is 2. The molecule has 0 heterocycles. The molecule has 2 N–H and O–H groups in total. The number of aliphatic carboxylic acids is 2. The zero-order valence-corrected chi connectivity index (χ0v) is 5.88. The Bertz CT molecular complexity index is 152. The predicted octanol–water partition coefficient (Wildman–Crippen LogP) is 0.0994. The Labute approximate surface area is 67.5 Å². The van der Waals surface area contributed by atoms with E-state index in [1.165, 1.54) is 0 Å². The first-order valence-electron chi connectivity index (χ1n) is 2.24. The van der Waals surface area contributed by atoms with Crippen molar-refractivity contribution in [1.82, 2.24) is 0 Å². The Morgan fingerprint density at radius 3 is 2.10 bits per heavy atom. The molecular formula is C5H6NiO4.